The van der Waals surface area contributed by atoms with Crippen molar-refractivity contribution in [2.24, 2.45) is 4.99 Å². The first-order valence-corrected chi connectivity index (χ1v) is 7.75. The molecule has 24 heavy (non-hydrogen) atoms. The Labute approximate surface area is 140 Å². The fourth-order valence-electron chi connectivity index (χ4n) is 2.86. The quantitative estimate of drug-likeness (QED) is 0.932. The number of aryl methyl sites for hydroxylation is 2. The zero-order valence-corrected chi connectivity index (χ0v) is 14.2. The number of hydrogen-bond donors (Lipinski definition) is 1. The fraction of sp³-hybridized carbons (Fsp3) is 0.353. The molecule has 1 N–H and O–H groups in total. The molecule has 0 unspecified atom stereocenters. The lowest BCUT2D eigenvalue weighted by atomic mass is 10.1. The molecular weight excluding hydrogens is 308 g/mol. The Hall–Kier alpha value is -2.83. The second-order valence-electron chi connectivity index (χ2n) is 5.38. The third-order valence-electron chi connectivity index (χ3n) is 3.99. The standard InChI is InChI=1S/C17H20N4O3/c1-5-21-16-15(10(2)20-21)19-11(9-18-17(16)22)14-12(23-3)7-6-8-13(14)24-4/h6-8H,5,9H2,1-4H3,(H,18,22). The van der Waals surface area contributed by atoms with Crippen molar-refractivity contribution in [3.05, 3.63) is 35.2 Å². The van der Waals surface area contributed by atoms with Crippen LogP contribution in [0.15, 0.2) is 23.2 Å². The lowest BCUT2D eigenvalue weighted by Gasteiger charge is -2.14. The van der Waals surface area contributed by atoms with Crippen molar-refractivity contribution in [1.29, 1.82) is 0 Å². The molecule has 7 nitrogen and oxygen atoms in total. The van der Waals surface area contributed by atoms with Crippen LogP contribution in [0.3, 0.4) is 0 Å². The largest absolute Gasteiger partial charge is 0.496 e. The predicted octanol–water partition coefficient (Wildman–Crippen LogP) is 2.09. The van der Waals surface area contributed by atoms with Crippen LogP contribution in [0.2, 0.25) is 0 Å². The molecule has 0 saturated carbocycles. The molecule has 126 valence electrons. The normalized spacial score (nSPS) is 13.7. The van der Waals surface area contributed by atoms with Crippen molar-refractivity contribution >= 4 is 17.3 Å². The third kappa shape index (κ3) is 2.51. The summed E-state index contributed by atoms with van der Waals surface area (Å²) in [7, 11) is 3.19. The van der Waals surface area contributed by atoms with Gasteiger partial charge in [-0.1, -0.05) is 6.07 Å². The minimum absolute atomic E-state index is 0.180. The van der Waals surface area contributed by atoms with Crippen molar-refractivity contribution in [1.82, 2.24) is 15.1 Å². The maximum atomic E-state index is 12.5. The number of methoxy groups -OCH3 is 2. The van der Waals surface area contributed by atoms with Crippen LogP contribution in [-0.4, -0.2) is 42.2 Å². The molecule has 2 heterocycles. The van der Waals surface area contributed by atoms with Crippen molar-refractivity contribution in [3.8, 4) is 11.5 Å². The van der Waals surface area contributed by atoms with E-state index in [1.165, 1.54) is 0 Å². The van der Waals surface area contributed by atoms with Gasteiger partial charge in [0.05, 0.1) is 37.7 Å². The first-order chi connectivity index (χ1) is 11.6. The van der Waals surface area contributed by atoms with E-state index >= 15 is 0 Å². The van der Waals surface area contributed by atoms with Gasteiger partial charge in [-0.25, -0.2) is 4.99 Å². The number of rotatable bonds is 4. The number of benzene rings is 1. The van der Waals surface area contributed by atoms with Crippen molar-refractivity contribution in [2.75, 3.05) is 20.8 Å². The van der Waals surface area contributed by atoms with Crippen molar-refractivity contribution in [3.63, 3.8) is 0 Å². The van der Waals surface area contributed by atoms with Gasteiger partial charge >= 0.3 is 0 Å². The van der Waals surface area contributed by atoms with Gasteiger partial charge in [0, 0.05) is 6.54 Å². The zero-order valence-electron chi connectivity index (χ0n) is 14.2. The van der Waals surface area contributed by atoms with E-state index in [1.54, 1.807) is 18.9 Å². The summed E-state index contributed by atoms with van der Waals surface area (Å²) < 4.78 is 12.6. The van der Waals surface area contributed by atoms with Crippen LogP contribution >= 0.6 is 0 Å². The zero-order chi connectivity index (χ0) is 17.3. The Morgan fingerprint density at radius 2 is 1.92 bits per heavy atom. The van der Waals surface area contributed by atoms with E-state index in [2.05, 4.69) is 10.4 Å². The molecule has 0 spiro atoms. The van der Waals surface area contributed by atoms with Crippen LogP contribution in [0.4, 0.5) is 5.69 Å². The second kappa shape index (κ2) is 6.35. The summed E-state index contributed by atoms with van der Waals surface area (Å²) in [4.78, 5) is 17.2. The molecule has 0 aliphatic carbocycles. The molecule has 0 atom stereocenters. The summed E-state index contributed by atoms with van der Waals surface area (Å²) in [6, 6.07) is 5.54. The molecule has 1 aliphatic heterocycles. The van der Waals surface area contributed by atoms with Crippen molar-refractivity contribution in [2.45, 2.75) is 20.4 Å². The molecule has 1 aromatic heterocycles. The number of hydrogen-bond acceptors (Lipinski definition) is 5. The van der Waals surface area contributed by atoms with Crippen LogP contribution in [0.5, 0.6) is 11.5 Å². The molecule has 1 amide bonds. The van der Waals surface area contributed by atoms with Gasteiger partial charge in [0.25, 0.3) is 5.91 Å². The number of aromatic nitrogens is 2. The molecule has 1 aliphatic rings. The average Bonchev–Trinajstić information content (AvgIpc) is 2.82. The molecule has 7 heteroatoms. The number of amides is 1. The van der Waals surface area contributed by atoms with Crippen LogP contribution in [-0.2, 0) is 6.54 Å². The number of ether oxygens (including phenoxy) is 2. The fourth-order valence-corrected chi connectivity index (χ4v) is 2.86. The highest BCUT2D eigenvalue weighted by Crippen LogP contribution is 2.33. The Kier molecular flexibility index (Phi) is 4.24. The van der Waals surface area contributed by atoms with Crippen LogP contribution in [0.1, 0.15) is 28.7 Å². The topological polar surface area (TPSA) is 77.7 Å². The molecule has 0 radical (unpaired) electrons. The summed E-state index contributed by atoms with van der Waals surface area (Å²) in [5.74, 6) is 1.11. The lowest BCUT2D eigenvalue weighted by molar-refractivity contribution is 0.0950. The van der Waals surface area contributed by atoms with Gasteiger partial charge in [-0.3, -0.25) is 9.48 Å². The number of carbonyl (C=O) groups is 1. The van der Waals surface area contributed by atoms with E-state index in [4.69, 9.17) is 14.5 Å². The maximum Gasteiger partial charge on any atom is 0.272 e. The lowest BCUT2D eigenvalue weighted by Crippen LogP contribution is -2.30. The van der Waals surface area contributed by atoms with E-state index in [-0.39, 0.29) is 12.5 Å². The molecule has 2 aromatic rings. The number of carbonyl (C=O) groups excluding carboxylic acids is 1. The van der Waals surface area contributed by atoms with Gasteiger partial charge in [-0.2, -0.15) is 5.10 Å². The minimum Gasteiger partial charge on any atom is -0.496 e. The van der Waals surface area contributed by atoms with Gasteiger partial charge in [0.15, 0.2) is 5.69 Å². The highest BCUT2D eigenvalue weighted by atomic mass is 16.5. The second-order valence-corrected chi connectivity index (χ2v) is 5.38. The van der Waals surface area contributed by atoms with Crippen LogP contribution in [0, 0.1) is 6.92 Å². The Balaban J connectivity index is 2.22. The minimum atomic E-state index is -0.180. The number of aliphatic imine (C=N–C) groups is 1. The van der Waals surface area contributed by atoms with Crippen molar-refractivity contribution < 1.29 is 14.3 Å². The summed E-state index contributed by atoms with van der Waals surface area (Å²) in [6.45, 7) is 4.68. The molecule has 0 bridgehead atoms. The van der Waals surface area contributed by atoms with Crippen LogP contribution in [0.25, 0.3) is 0 Å². The first kappa shape index (κ1) is 16.0. The monoisotopic (exact) mass is 328 g/mol. The van der Waals surface area contributed by atoms with Crippen LogP contribution < -0.4 is 14.8 Å². The SMILES string of the molecule is CCn1nc(C)c2c1C(=O)NCC(c1c(OC)cccc1OC)=N2. The molecule has 0 saturated heterocycles. The third-order valence-corrected chi connectivity index (χ3v) is 3.99. The Bertz CT molecular complexity index is 801. The van der Waals surface area contributed by atoms with E-state index < -0.39 is 0 Å². The Morgan fingerprint density at radius 1 is 1.25 bits per heavy atom. The van der Waals surface area contributed by atoms with E-state index in [0.717, 1.165) is 11.3 Å². The highest BCUT2D eigenvalue weighted by Gasteiger charge is 2.27. The summed E-state index contributed by atoms with van der Waals surface area (Å²) in [5.41, 5.74) is 3.21. The van der Waals surface area contributed by atoms with E-state index in [0.29, 0.717) is 35.1 Å². The predicted molar refractivity (Wildman–Crippen MR) is 90.7 cm³/mol. The average molecular weight is 328 g/mol. The van der Waals surface area contributed by atoms with Gasteiger partial charge < -0.3 is 14.8 Å². The van der Waals surface area contributed by atoms with E-state index in [1.807, 2.05) is 32.0 Å². The number of fused-ring (bicyclic) bond motifs is 1. The molecule has 0 fully saturated rings. The highest BCUT2D eigenvalue weighted by molar-refractivity contribution is 6.12. The van der Waals surface area contributed by atoms with Gasteiger partial charge in [-0.15, -0.1) is 0 Å². The number of nitrogens with one attached hydrogen (secondary N) is 1. The Morgan fingerprint density at radius 3 is 2.50 bits per heavy atom. The number of nitrogens with zero attached hydrogens (tertiary/aromatic N) is 3. The smallest absolute Gasteiger partial charge is 0.272 e. The van der Waals surface area contributed by atoms with Gasteiger partial charge in [0.1, 0.15) is 17.2 Å². The molecule has 1 aromatic carbocycles. The summed E-state index contributed by atoms with van der Waals surface area (Å²) in [6.07, 6.45) is 0. The molecular formula is C17H20N4O3. The first-order valence-electron chi connectivity index (χ1n) is 7.75. The molecule has 3 rings (SSSR count). The summed E-state index contributed by atoms with van der Waals surface area (Å²) in [5, 5.41) is 7.30. The van der Waals surface area contributed by atoms with Gasteiger partial charge in [-0.05, 0) is 26.0 Å². The van der Waals surface area contributed by atoms with Gasteiger partial charge in [0.2, 0.25) is 0 Å². The maximum absolute atomic E-state index is 12.5. The summed E-state index contributed by atoms with van der Waals surface area (Å²) >= 11 is 0. The van der Waals surface area contributed by atoms with E-state index in [9.17, 15) is 4.79 Å².